The zero-order chi connectivity index (χ0) is 13.8. The van der Waals surface area contributed by atoms with Crippen LogP contribution in [0, 0.1) is 5.82 Å². The Hall–Kier alpha value is -1.94. The molecular weight excluding hydrogens is 243 g/mol. The van der Waals surface area contributed by atoms with Crippen LogP contribution in [0.3, 0.4) is 0 Å². The van der Waals surface area contributed by atoms with Gasteiger partial charge in [0.15, 0.2) is 0 Å². The zero-order valence-electron chi connectivity index (χ0n) is 11.0. The van der Waals surface area contributed by atoms with E-state index in [0.717, 1.165) is 5.56 Å². The lowest BCUT2D eigenvalue weighted by Crippen LogP contribution is -2.17. The second kappa shape index (κ2) is 5.80. The Morgan fingerprint density at radius 1 is 1.26 bits per heavy atom. The number of aliphatic hydroxyl groups excluding tert-OH is 1. The number of halogens is 1. The van der Waals surface area contributed by atoms with Crippen LogP contribution < -0.4 is 4.90 Å². The molecule has 0 aliphatic rings. The first-order valence-corrected chi connectivity index (χ1v) is 6.15. The van der Waals surface area contributed by atoms with Gasteiger partial charge in [0.05, 0.1) is 11.8 Å². The molecule has 0 unspecified atom stereocenters. The summed E-state index contributed by atoms with van der Waals surface area (Å²) in [7, 11) is 1.83. The molecule has 0 bridgehead atoms. The number of rotatable bonds is 4. The summed E-state index contributed by atoms with van der Waals surface area (Å²) < 4.78 is 14.0. The van der Waals surface area contributed by atoms with Crippen molar-refractivity contribution in [3.63, 3.8) is 0 Å². The summed E-state index contributed by atoms with van der Waals surface area (Å²) in [6.45, 7) is 2.22. The van der Waals surface area contributed by atoms with Crippen molar-refractivity contribution in [3.05, 3.63) is 59.7 Å². The Balaban J connectivity index is 2.17. The Morgan fingerprint density at radius 3 is 2.53 bits per heavy atom. The average Bonchev–Trinajstić information content (AvgIpc) is 2.39. The minimum atomic E-state index is -0.658. The zero-order valence-corrected chi connectivity index (χ0v) is 11.0. The number of nitrogens with zero attached hydrogens (tertiary/aromatic N) is 2. The first-order chi connectivity index (χ1) is 9.08. The number of anilines is 1. The normalized spacial score (nSPS) is 12.2. The number of pyridine rings is 1. The minimum absolute atomic E-state index is 0.324. The van der Waals surface area contributed by atoms with E-state index < -0.39 is 6.10 Å². The van der Waals surface area contributed by atoms with Gasteiger partial charge in [-0.25, -0.2) is 4.39 Å². The van der Waals surface area contributed by atoms with E-state index in [1.165, 1.54) is 6.07 Å². The molecule has 19 heavy (non-hydrogen) atoms. The molecule has 0 spiro atoms. The molecule has 4 heteroatoms. The smallest absolute Gasteiger partial charge is 0.146 e. The molecule has 2 aromatic rings. The lowest BCUT2D eigenvalue weighted by molar-refractivity contribution is 0.199. The van der Waals surface area contributed by atoms with E-state index in [1.807, 2.05) is 24.1 Å². The highest BCUT2D eigenvalue weighted by molar-refractivity contribution is 5.49. The van der Waals surface area contributed by atoms with Crippen molar-refractivity contribution in [2.45, 2.75) is 19.6 Å². The summed E-state index contributed by atoms with van der Waals surface area (Å²) in [5.74, 6) is -0.324. The summed E-state index contributed by atoms with van der Waals surface area (Å²) >= 11 is 0. The molecule has 0 fully saturated rings. The third-order valence-corrected chi connectivity index (χ3v) is 3.03. The van der Waals surface area contributed by atoms with Gasteiger partial charge in [-0.1, -0.05) is 6.07 Å². The van der Waals surface area contributed by atoms with Crippen LogP contribution in [-0.4, -0.2) is 17.1 Å². The maximum Gasteiger partial charge on any atom is 0.146 e. The predicted octanol–water partition coefficient (Wildman–Crippen LogP) is 2.91. The van der Waals surface area contributed by atoms with E-state index in [1.54, 1.807) is 31.5 Å². The van der Waals surface area contributed by atoms with Crippen molar-refractivity contribution in [2.24, 2.45) is 0 Å². The molecule has 1 N–H and O–H groups in total. The lowest BCUT2D eigenvalue weighted by atomic mass is 10.1. The number of benzene rings is 1. The van der Waals surface area contributed by atoms with Crippen LogP contribution in [0.5, 0.6) is 0 Å². The van der Waals surface area contributed by atoms with Crippen molar-refractivity contribution in [2.75, 3.05) is 11.9 Å². The minimum Gasteiger partial charge on any atom is -0.389 e. The first-order valence-electron chi connectivity index (χ1n) is 6.15. The Morgan fingerprint density at radius 2 is 1.95 bits per heavy atom. The van der Waals surface area contributed by atoms with Crippen molar-refractivity contribution in [3.8, 4) is 0 Å². The predicted molar refractivity (Wildman–Crippen MR) is 73.4 cm³/mol. The summed E-state index contributed by atoms with van der Waals surface area (Å²) in [6.07, 6.45) is 2.78. The SMILES string of the molecule is C[C@@H](O)c1ccc(N(C)Cc2ccncc2)c(F)c1. The molecule has 1 aromatic heterocycles. The largest absolute Gasteiger partial charge is 0.389 e. The van der Waals surface area contributed by atoms with Gasteiger partial charge in [0, 0.05) is 26.0 Å². The average molecular weight is 260 g/mol. The molecule has 0 saturated carbocycles. The van der Waals surface area contributed by atoms with E-state index in [-0.39, 0.29) is 5.82 Å². The van der Waals surface area contributed by atoms with E-state index in [9.17, 15) is 9.50 Å². The molecule has 2 rings (SSSR count). The molecule has 0 aliphatic heterocycles. The molecule has 1 heterocycles. The van der Waals surface area contributed by atoms with Gasteiger partial charge in [0.25, 0.3) is 0 Å². The lowest BCUT2D eigenvalue weighted by Gasteiger charge is -2.20. The maximum atomic E-state index is 14.0. The van der Waals surface area contributed by atoms with E-state index in [4.69, 9.17) is 0 Å². The molecule has 0 amide bonds. The van der Waals surface area contributed by atoms with Gasteiger partial charge in [0.1, 0.15) is 5.82 Å². The Kier molecular flexibility index (Phi) is 4.12. The van der Waals surface area contributed by atoms with E-state index >= 15 is 0 Å². The number of hydrogen-bond acceptors (Lipinski definition) is 3. The molecule has 100 valence electrons. The fraction of sp³-hybridized carbons (Fsp3) is 0.267. The third-order valence-electron chi connectivity index (χ3n) is 3.03. The summed E-state index contributed by atoms with van der Waals surface area (Å²) in [4.78, 5) is 5.78. The van der Waals surface area contributed by atoms with Crippen molar-refractivity contribution in [1.82, 2.24) is 4.98 Å². The molecule has 0 aliphatic carbocycles. The quantitative estimate of drug-likeness (QED) is 0.918. The molecule has 0 radical (unpaired) electrons. The molecule has 3 nitrogen and oxygen atoms in total. The topological polar surface area (TPSA) is 36.4 Å². The second-order valence-corrected chi connectivity index (χ2v) is 4.60. The molecule has 1 atom stereocenters. The van der Waals surface area contributed by atoms with Crippen LogP contribution in [0.1, 0.15) is 24.2 Å². The summed E-state index contributed by atoms with van der Waals surface area (Å²) in [5, 5.41) is 9.43. The van der Waals surface area contributed by atoms with Gasteiger partial charge in [-0.3, -0.25) is 4.98 Å². The number of aliphatic hydroxyl groups is 1. The fourth-order valence-electron chi connectivity index (χ4n) is 1.94. The highest BCUT2D eigenvalue weighted by Gasteiger charge is 2.10. The van der Waals surface area contributed by atoms with Gasteiger partial charge < -0.3 is 10.0 Å². The maximum absolute atomic E-state index is 14.0. The highest BCUT2D eigenvalue weighted by atomic mass is 19.1. The van der Waals surface area contributed by atoms with Crippen molar-refractivity contribution < 1.29 is 9.50 Å². The van der Waals surface area contributed by atoms with Gasteiger partial charge >= 0.3 is 0 Å². The number of hydrogen-bond donors (Lipinski definition) is 1. The van der Waals surface area contributed by atoms with Crippen LogP contribution in [0.2, 0.25) is 0 Å². The second-order valence-electron chi connectivity index (χ2n) is 4.60. The Bertz CT molecular complexity index is 543. The Labute approximate surface area is 112 Å². The van der Waals surface area contributed by atoms with Crippen molar-refractivity contribution in [1.29, 1.82) is 0 Å². The van der Waals surface area contributed by atoms with E-state index in [0.29, 0.717) is 17.8 Å². The third kappa shape index (κ3) is 3.29. The highest BCUT2D eigenvalue weighted by Crippen LogP contribution is 2.23. The van der Waals surface area contributed by atoms with Gasteiger partial charge in [-0.2, -0.15) is 0 Å². The fourth-order valence-corrected chi connectivity index (χ4v) is 1.94. The van der Waals surface area contributed by atoms with Crippen LogP contribution in [0.15, 0.2) is 42.7 Å². The first kappa shape index (κ1) is 13.5. The van der Waals surface area contributed by atoms with Gasteiger partial charge in [0.2, 0.25) is 0 Å². The number of aromatic nitrogens is 1. The van der Waals surface area contributed by atoms with Crippen LogP contribution in [0.25, 0.3) is 0 Å². The molecular formula is C15H17FN2O. The van der Waals surface area contributed by atoms with Crippen molar-refractivity contribution >= 4 is 5.69 Å². The monoisotopic (exact) mass is 260 g/mol. The molecule has 0 saturated heterocycles. The standard InChI is InChI=1S/C15H17FN2O/c1-11(19)13-3-4-15(14(16)9-13)18(2)10-12-5-7-17-8-6-12/h3-9,11,19H,10H2,1-2H3/t11-/m1/s1. The molecule has 1 aromatic carbocycles. The van der Waals surface area contributed by atoms with E-state index in [2.05, 4.69) is 4.98 Å². The van der Waals surface area contributed by atoms with Crippen LogP contribution >= 0.6 is 0 Å². The van der Waals surface area contributed by atoms with Gasteiger partial charge in [-0.05, 0) is 42.3 Å². The van der Waals surface area contributed by atoms with Gasteiger partial charge in [-0.15, -0.1) is 0 Å². The van der Waals surface area contributed by atoms with Crippen LogP contribution in [-0.2, 0) is 6.54 Å². The van der Waals surface area contributed by atoms with Crippen LogP contribution in [0.4, 0.5) is 10.1 Å². The summed E-state index contributed by atoms with van der Waals surface area (Å²) in [6, 6.07) is 8.62. The summed E-state index contributed by atoms with van der Waals surface area (Å²) in [5.41, 5.74) is 2.16.